The van der Waals surface area contributed by atoms with Crippen LogP contribution in [0.4, 0.5) is 0 Å². The minimum absolute atomic E-state index is 0.0446. The Balaban J connectivity index is 1.70. The first-order valence-corrected chi connectivity index (χ1v) is 8.51. The summed E-state index contributed by atoms with van der Waals surface area (Å²) in [6.45, 7) is 3.09. The van der Waals surface area contributed by atoms with Crippen molar-refractivity contribution in [1.29, 1.82) is 0 Å². The molecule has 1 atom stereocenters. The number of hydrogen-bond acceptors (Lipinski definition) is 3. The summed E-state index contributed by atoms with van der Waals surface area (Å²) in [5.74, 6) is 0.889. The van der Waals surface area contributed by atoms with Crippen LogP contribution in [0.25, 0.3) is 0 Å². The van der Waals surface area contributed by atoms with Gasteiger partial charge < -0.3 is 15.4 Å². The van der Waals surface area contributed by atoms with Crippen molar-refractivity contribution in [2.45, 2.75) is 45.1 Å². The van der Waals surface area contributed by atoms with Crippen molar-refractivity contribution in [2.75, 3.05) is 20.2 Å². The van der Waals surface area contributed by atoms with Gasteiger partial charge in [0.2, 0.25) is 5.91 Å². The molecular formula is C19H28N2O2. The molecule has 0 bridgehead atoms. The fourth-order valence-electron chi connectivity index (χ4n) is 2.94. The van der Waals surface area contributed by atoms with Gasteiger partial charge in [0, 0.05) is 18.2 Å². The first kappa shape index (κ1) is 17.5. The highest BCUT2D eigenvalue weighted by Crippen LogP contribution is 2.24. The topological polar surface area (TPSA) is 50.4 Å². The molecule has 0 saturated heterocycles. The largest absolute Gasteiger partial charge is 0.496 e. The molecule has 1 unspecified atom stereocenters. The average Bonchev–Trinajstić information content (AvgIpc) is 2.60. The zero-order valence-corrected chi connectivity index (χ0v) is 14.2. The fraction of sp³-hybridized carbons (Fsp3) is 0.526. The summed E-state index contributed by atoms with van der Waals surface area (Å²) in [4.78, 5) is 12.0. The summed E-state index contributed by atoms with van der Waals surface area (Å²) < 4.78 is 5.36. The van der Waals surface area contributed by atoms with Crippen LogP contribution in [-0.4, -0.2) is 26.1 Å². The van der Waals surface area contributed by atoms with Gasteiger partial charge >= 0.3 is 0 Å². The molecule has 126 valence electrons. The van der Waals surface area contributed by atoms with Crippen LogP contribution >= 0.6 is 0 Å². The normalized spacial score (nSPS) is 15.7. The molecular weight excluding hydrogens is 288 g/mol. The zero-order chi connectivity index (χ0) is 16.5. The third-order valence-electron chi connectivity index (χ3n) is 4.33. The van der Waals surface area contributed by atoms with E-state index in [2.05, 4.69) is 16.7 Å². The highest BCUT2D eigenvalue weighted by molar-refractivity contribution is 5.78. The molecule has 1 aromatic carbocycles. The number of para-hydroxylation sites is 1. The van der Waals surface area contributed by atoms with Gasteiger partial charge in [0.05, 0.1) is 13.7 Å². The number of carbonyl (C=O) groups excluding carboxylic acids is 1. The third kappa shape index (κ3) is 5.71. The van der Waals surface area contributed by atoms with Crippen molar-refractivity contribution in [2.24, 2.45) is 0 Å². The van der Waals surface area contributed by atoms with Crippen molar-refractivity contribution in [1.82, 2.24) is 10.6 Å². The van der Waals surface area contributed by atoms with E-state index in [1.54, 1.807) is 7.11 Å². The van der Waals surface area contributed by atoms with E-state index in [4.69, 9.17) is 4.74 Å². The highest BCUT2D eigenvalue weighted by Gasteiger charge is 2.12. The molecule has 0 saturated carbocycles. The molecule has 0 radical (unpaired) electrons. The van der Waals surface area contributed by atoms with Crippen molar-refractivity contribution in [3.05, 3.63) is 41.5 Å². The molecule has 1 aliphatic rings. The van der Waals surface area contributed by atoms with Crippen molar-refractivity contribution in [3.8, 4) is 5.75 Å². The first-order valence-electron chi connectivity index (χ1n) is 8.51. The number of benzene rings is 1. The minimum atomic E-state index is 0.0446. The second kappa shape index (κ2) is 9.36. The summed E-state index contributed by atoms with van der Waals surface area (Å²) in [7, 11) is 1.66. The Morgan fingerprint density at radius 3 is 2.87 bits per heavy atom. The van der Waals surface area contributed by atoms with E-state index in [0.717, 1.165) is 24.3 Å². The standard InChI is InChI=1S/C19H28N2O2/c1-15(17-10-6-7-11-18(17)23-2)21-14-19(22)20-13-12-16-8-4-3-5-9-16/h6-8,10-11,15,21H,3-5,9,12-14H2,1-2H3,(H,20,22). The van der Waals surface area contributed by atoms with Crippen LogP contribution in [0.2, 0.25) is 0 Å². The second-order valence-corrected chi connectivity index (χ2v) is 6.05. The Morgan fingerprint density at radius 2 is 2.13 bits per heavy atom. The van der Waals surface area contributed by atoms with Crippen LogP contribution in [0, 0.1) is 0 Å². The Bertz CT molecular complexity index is 540. The van der Waals surface area contributed by atoms with E-state index in [-0.39, 0.29) is 11.9 Å². The molecule has 0 heterocycles. The summed E-state index contributed by atoms with van der Waals surface area (Å²) >= 11 is 0. The zero-order valence-electron chi connectivity index (χ0n) is 14.2. The van der Waals surface area contributed by atoms with Crippen LogP contribution in [0.3, 0.4) is 0 Å². The van der Waals surface area contributed by atoms with Gasteiger partial charge in [0.25, 0.3) is 0 Å². The maximum absolute atomic E-state index is 12.0. The monoisotopic (exact) mass is 316 g/mol. The number of carbonyl (C=O) groups is 1. The predicted molar refractivity (Wildman–Crippen MR) is 93.6 cm³/mol. The Morgan fingerprint density at radius 1 is 1.30 bits per heavy atom. The molecule has 0 spiro atoms. The van der Waals surface area contributed by atoms with Crippen LogP contribution in [-0.2, 0) is 4.79 Å². The van der Waals surface area contributed by atoms with Gasteiger partial charge in [-0.15, -0.1) is 0 Å². The highest BCUT2D eigenvalue weighted by atomic mass is 16.5. The Labute approximate surface area is 139 Å². The summed E-state index contributed by atoms with van der Waals surface area (Å²) in [5, 5.41) is 6.25. The molecule has 1 amide bonds. The first-order chi connectivity index (χ1) is 11.2. The minimum Gasteiger partial charge on any atom is -0.496 e. The molecule has 1 aromatic rings. The van der Waals surface area contributed by atoms with Gasteiger partial charge in [-0.1, -0.05) is 29.8 Å². The average molecular weight is 316 g/mol. The molecule has 0 fully saturated rings. The lowest BCUT2D eigenvalue weighted by molar-refractivity contribution is -0.120. The fourth-order valence-corrected chi connectivity index (χ4v) is 2.94. The van der Waals surface area contributed by atoms with Crippen molar-refractivity contribution in [3.63, 3.8) is 0 Å². The predicted octanol–water partition coefficient (Wildman–Crippen LogP) is 3.35. The van der Waals surface area contributed by atoms with E-state index in [0.29, 0.717) is 6.54 Å². The number of amides is 1. The van der Waals surface area contributed by atoms with Gasteiger partial charge in [0.1, 0.15) is 5.75 Å². The van der Waals surface area contributed by atoms with Gasteiger partial charge in [-0.2, -0.15) is 0 Å². The number of hydrogen-bond donors (Lipinski definition) is 2. The third-order valence-corrected chi connectivity index (χ3v) is 4.33. The number of allylic oxidation sites excluding steroid dienone is 1. The maximum atomic E-state index is 12.0. The van der Waals surface area contributed by atoms with E-state index < -0.39 is 0 Å². The lowest BCUT2D eigenvalue weighted by Crippen LogP contribution is -2.35. The van der Waals surface area contributed by atoms with Gasteiger partial charge in [-0.25, -0.2) is 0 Å². The Hall–Kier alpha value is -1.81. The van der Waals surface area contributed by atoms with Crippen molar-refractivity contribution < 1.29 is 9.53 Å². The van der Waals surface area contributed by atoms with E-state index in [1.165, 1.54) is 31.3 Å². The van der Waals surface area contributed by atoms with E-state index in [1.807, 2.05) is 31.2 Å². The molecule has 1 aliphatic carbocycles. The van der Waals surface area contributed by atoms with E-state index in [9.17, 15) is 4.79 Å². The maximum Gasteiger partial charge on any atom is 0.233 e. The molecule has 2 N–H and O–H groups in total. The lowest BCUT2D eigenvalue weighted by Gasteiger charge is -2.17. The van der Waals surface area contributed by atoms with Crippen LogP contribution in [0.15, 0.2) is 35.9 Å². The molecule has 0 aromatic heterocycles. The SMILES string of the molecule is COc1ccccc1C(C)NCC(=O)NCCC1=CCCCC1. The Kier molecular flexibility index (Phi) is 7.14. The summed E-state index contributed by atoms with van der Waals surface area (Å²) in [5.41, 5.74) is 2.56. The number of ether oxygens (including phenoxy) is 1. The summed E-state index contributed by atoms with van der Waals surface area (Å²) in [6.07, 6.45) is 8.30. The van der Waals surface area contributed by atoms with E-state index >= 15 is 0 Å². The lowest BCUT2D eigenvalue weighted by atomic mass is 9.97. The smallest absolute Gasteiger partial charge is 0.233 e. The van der Waals surface area contributed by atoms with Gasteiger partial charge in [-0.3, -0.25) is 4.79 Å². The van der Waals surface area contributed by atoms with Gasteiger partial charge in [-0.05, 0) is 45.1 Å². The van der Waals surface area contributed by atoms with Crippen LogP contribution in [0.1, 0.15) is 50.6 Å². The molecule has 4 heteroatoms. The summed E-state index contributed by atoms with van der Waals surface area (Å²) in [6, 6.07) is 7.95. The molecule has 0 aliphatic heterocycles. The number of methoxy groups -OCH3 is 1. The number of nitrogens with one attached hydrogen (secondary N) is 2. The molecule has 23 heavy (non-hydrogen) atoms. The molecule has 2 rings (SSSR count). The van der Waals surface area contributed by atoms with Gasteiger partial charge in [0.15, 0.2) is 0 Å². The van der Waals surface area contributed by atoms with Crippen molar-refractivity contribution >= 4 is 5.91 Å². The van der Waals surface area contributed by atoms with Crippen LogP contribution < -0.4 is 15.4 Å². The molecule has 4 nitrogen and oxygen atoms in total. The van der Waals surface area contributed by atoms with Crippen LogP contribution in [0.5, 0.6) is 5.75 Å². The second-order valence-electron chi connectivity index (χ2n) is 6.05. The number of rotatable bonds is 8. The quantitative estimate of drug-likeness (QED) is 0.723.